The molecule has 0 bridgehead atoms. The molecule has 8 nitrogen and oxygen atoms in total. The third kappa shape index (κ3) is 3.10. The van der Waals surface area contributed by atoms with Crippen molar-refractivity contribution in [2.45, 2.75) is 12.5 Å². The SMILES string of the molecule is COC(=O)c1cccc(C(CC#N)n2cc(-c3ncnc4[nH]ccc34)cn2)c1. The summed E-state index contributed by atoms with van der Waals surface area (Å²) >= 11 is 0. The van der Waals surface area contributed by atoms with Crippen molar-refractivity contribution in [2.75, 3.05) is 7.11 Å². The number of aromatic nitrogens is 5. The number of rotatable bonds is 5. The maximum atomic E-state index is 11.8. The van der Waals surface area contributed by atoms with Crippen LogP contribution in [0.3, 0.4) is 0 Å². The lowest BCUT2D eigenvalue weighted by Crippen LogP contribution is -2.12. The Balaban J connectivity index is 1.74. The van der Waals surface area contributed by atoms with Gasteiger partial charge in [-0.15, -0.1) is 0 Å². The van der Waals surface area contributed by atoms with Crippen LogP contribution in [0.1, 0.15) is 28.4 Å². The Labute approximate surface area is 160 Å². The highest BCUT2D eigenvalue weighted by Crippen LogP contribution is 2.28. The van der Waals surface area contributed by atoms with Crippen molar-refractivity contribution in [3.8, 4) is 17.3 Å². The van der Waals surface area contributed by atoms with Gasteiger partial charge in [0.15, 0.2) is 0 Å². The Kier molecular flexibility index (Phi) is 4.56. The van der Waals surface area contributed by atoms with Gasteiger partial charge in [0.25, 0.3) is 0 Å². The van der Waals surface area contributed by atoms with E-state index in [-0.39, 0.29) is 12.5 Å². The minimum absolute atomic E-state index is 0.203. The number of esters is 1. The van der Waals surface area contributed by atoms with E-state index in [2.05, 4.69) is 26.1 Å². The van der Waals surface area contributed by atoms with Crippen LogP contribution in [0.2, 0.25) is 0 Å². The Hall–Kier alpha value is -3.99. The molecule has 28 heavy (non-hydrogen) atoms. The summed E-state index contributed by atoms with van der Waals surface area (Å²) in [6, 6.07) is 10.8. The molecule has 138 valence electrons. The van der Waals surface area contributed by atoms with Crippen molar-refractivity contribution in [3.63, 3.8) is 0 Å². The Bertz CT molecular complexity index is 1190. The molecule has 3 heterocycles. The quantitative estimate of drug-likeness (QED) is 0.539. The van der Waals surface area contributed by atoms with Crippen molar-refractivity contribution in [3.05, 3.63) is 66.4 Å². The van der Waals surface area contributed by atoms with Crippen molar-refractivity contribution in [1.29, 1.82) is 5.26 Å². The molecular weight excluding hydrogens is 356 g/mol. The highest BCUT2D eigenvalue weighted by Gasteiger charge is 2.18. The minimum atomic E-state index is -0.422. The van der Waals surface area contributed by atoms with Gasteiger partial charge in [0.05, 0.1) is 43.1 Å². The molecule has 4 rings (SSSR count). The first kappa shape index (κ1) is 17.4. The fraction of sp³-hybridized carbons (Fsp3) is 0.150. The molecule has 4 aromatic rings. The molecule has 0 amide bonds. The zero-order valence-corrected chi connectivity index (χ0v) is 15.0. The average Bonchev–Trinajstić information content (AvgIpc) is 3.41. The van der Waals surface area contributed by atoms with E-state index in [1.807, 2.05) is 24.5 Å². The fourth-order valence-electron chi connectivity index (χ4n) is 3.17. The first-order chi connectivity index (χ1) is 13.7. The van der Waals surface area contributed by atoms with Gasteiger partial charge in [-0.1, -0.05) is 12.1 Å². The smallest absolute Gasteiger partial charge is 0.337 e. The monoisotopic (exact) mass is 372 g/mol. The van der Waals surface area contributed by atoms with Crippen LogP contribution in [0.5, 0.6) is 0 Å². The van der Waals surface area contributed by atoms with Crippen LogP contribution in [0, 0.1) is 11.3 Å². The lowest BCUT2D eigenvalue weighted by molar-refractivity contribution is 0.0600. The molecule has 1 unspecified atom stereocenters. The third-order valence-corrected chi connectivity index (χ3v) is 4.53. The number of hydrogen-bond acceptors (Lipinski definition) is 6. The van der Waals surface area contributed by atoms with Gasteiger partial charge in [0, 0.05) is 23.3 Å². The van der Waals surface area contributed by atoms with E-state index in [9.17, 15) is 10.1 Å². The largest absolute Gasteiger partial charge is 0.465 e. The minimum Gasteiger partial charge on any atom is -0.465 e. The lowest BCUT2D eigenvalue weighted by Gasteiger charge is -2.15. The Morgan fingerprint density at radius 3 is 3.07 bits per heavy atom. The van der Waals surface area contributed by atoms with Gasteiger partial charge in [-0.3, -0.25) is 4.68 Å². The molecule has 1 atom stereocenters. The van der Waals surface area contributed by atoms with Gasteiger partial charge in [-0.25, -0.2) is 14.8 Å². The molecular formula is C20H16N6O2. The van der Waals surface area contributed by atoms with Crippen molar-refractivity contribution >= 4 is 17.0 Å². The van der Waals surface area contributed by atoms with Crippen LogP contribution in [-0.4, -0.2) is 37.8 Å². The number of H-pyrrole nitrogens is 1. The summed E-state index contributed by atoms with van der Waals surface area (Å²) in [5, 5.41) is 14.7. The number of aromatic amines is 1. The first-order valence-corrected chi connectivity index (χ1v) is 8.59. The van der Waals surface area contributed by atoms with Crippen LogP contribution in [0.25, 0.3) is 22.3 Å². The molecule has 1 N–H and O–H groups in total. The van der Waals surface area contributed by atoms with Crippen LogP contribution < -0.4 is 0 Å². The van der Waals surface area contributed by atoms with E-state index < -0.39 is 5.97 Å². The van der Waals surface area contributed by atoms with E-state index in [0.717, 1.165) is 27.9 Å². The topological polar surface area (TPSA) is 109 Å². The molecule has 0 aliphatic rings. The maximum Gasteiger partial charge on any atom is 0.337 e. The summed E-state index contributed by atoms with van der Waals surface area (Å²) in [6.45, 7) is 0. The zero-order chi connectivity index (χ0) is 19.5. The van der Waals surface area contributed by atoms with E-state index in [1.165, 1.54) is 13.4 Å². The number of nitrogens with zero attached hydrogens (tertiary/aromatic N) is 5. The second-order valence-electron chi connectivity index (χ2n) is 6.17. The molecule has 0 aliphatic heterocycles. The summed E-state index contributed by atoms with van der Waals surface area (Å²) in [5.74, 6) is -0.422. The summed E-state index contributed by atoms with van der Waals surface area (Å²) < 4.78 is 6.51. The predicted molar refractivity (Wildman–Crippen MR) is 101 cm³/mol. The summed E-state index contributed by atoms with van der Waals surface area (Å²) in [6.07, 6.45) is 7.07. The van der Waals surface area contributed by atoms with E-state index >= 15 is 0 Å². The lowest BCUT2D eigenvalue weighted by atomic mass is 10.0. The van der Waals surface area contributed by atoms with Gasteiger partial charge >= 0.3 is 5.97 Å². The summed E-state index contributed by atoms with van der Waals surface area (Å²) in [4.78, 5) is 23.5. The average molecular weight is 372 g/mol. The van der Waals surface area contributed by atoms with Crippen LogP contribution in [0.4, 0.5) is 0 Å². The number of methoxy groups -OCH3 is 1. The van der Waals surface area contributed by atoms with Gasteiger partial charge in [0.2, 0.25) is 0 Å². The van der Waals surface area contributed by atoms with E-state index in [1.54, 1.807) is 29.1 Å². The molecule has 3 aromatic heterocycles. The number of ether oxygens (including phenoxy) is 1. The Morgan fingerprint density at radius 1 is 1.36 bits per heavy atom. The van der Waals surface area contributed by atoms with Crippen molar-refractivity contribution in [2.24, 2.45) is 0 Å². The molecule has 0 spiro atoms. The van der Waals surface area contributed by atoms with Crippen LogP contribution in [-0.2, 0) is 4.74 Å². The first-order valence-electron chi connectivity index (χ1n) is 8.59. The van der Waals surface area contributed by atoms with Crippen LogP contribution >= 0.6 is 0 Å². The number of nitrogens with one attached hydrogen (secondary N) is 1. The predicted octanol–water partition coefficient (Wildman–Crippen LogP) is 3.11. The zero-order valence-electron chi connectivity index (χ0n) is 15.0. The second kappa shape index (κ2) is 7.32. The molecule has 0 saturated heterocycles. The normalized spacial score (nSPS) is 11.9. The van der Waals surface area contributed by atoms with E-state index in [4.69, 9.17) is 4.74 Å². The van der Waals surface area contributed by atoms with Crippen molar-refractivity contribution < 1.29 is 9.53 Å². The molecule has 0 radical (unpaired) electrons. The van der Waals surface area contributed by atoms with E-state index in [0.29, 0.717) is 5.56 Å². The number of fused-ring (bicyclic) bond motifs is 1. The number of nitriles is 1. The number of carbonyl (C=O) groups is 1. The highest BCUT2D eigenvalue weighted by atomic mass is 16.5. The number of hydrogen-bond donors (Lipinski definition) is 1. The number of carbonyl (C=O) groups excluding carboxylic acids is 1. The molecule has 1 aromatic carbocycles. The standard InChI is InChI=1S/C20H16N6O2/c1-28-20(27)14-4-2-3-13(9-14)17(5-7-21)26-11-15(10-25-26)18-16-6-8-22-19(16)24-12-23-18/h2-4,6,8-12,17H,5H2,1H3,(H,22,23,24). The summed E-state index contributed by atoms with van der Waals surface area (Å²) in [5.41, 5.74) is 3.56. The van der Waals surface area contributed by atoms with Gasteiger partial charge in [-0.2, -0.15) is 10.4 Å². The second-order valence-corrected chi connectivity index (χ2v) is 6.17. The van der Waals surface area contributed by atoms with Crippen molar-refractivity contribution in [1.82, 2.24) is 24.7 Å². The fourth-order valence-corrected chi connectivity index (χ4v) is 3.17. The molecule has 0 fully saturated rings. The highest BCUT2D eigenvalue weighted by molar-refractivity contribution is 5.90. The third-order valence-electron chi connectivity index (χ3n) is 4.53. The molecule has 0 saturated carbocycles. The maximum absolute atomic E-state index is 11.8. The van der Waals surface area contributed by atoms with Crippen LogP contribution in [0.15, 0.2) is 55.2 Å². The van der Waals surface area contributed by atoms with Gasteiger partial charge in [0.1, 0.15) is 12.0 Å². The van der Waals surface area contributed by atoms with Gasteiger partial charge in [-0.05, 0) is 23.8 Å². The number of benzene rings is 1. The van der Waals surface area contributed by atoms with Gasteiger partial charge < -0.3 is 9.72 Å². The Morgan fingerprint density at radius 2 is 2.25 bits per heavy atom. The molecule has 8 heteroatoms. The molecule has 0 aliphatic carbocycles. The summed E-state index contributed by atoms with van der Waals surface area (Å²) in [7, 11) is 1.34.